The van der Waals surface area contributed by atoms with Gasteiger partial charge in [0.15, 0.2) is 0 Å². The largest absolute Gasteiger partial charge is 0.134 e. The highest BCUT2D eigenvalue weighted by atomic mass is 79.9. The zero-order valence-corrected chi connectivity index (χ0v) is 20.8. The Kier molecular flexibility index (Phi) is 4.02. The lowest BCUT2D eigenvalue weighted by Gasteiger charge is -2.23. The number of hydrogen-bond acceptors (Lipinski definition) is 1. The van der Waals surface area contributed by atoms with E-state index in [1.807, 2.05) is 11.3 Å². The van der Waals surface area contributed by atoms with Crippen molar-refractivity contribution in [2.24, 2.45) is 0 Å². The van der Waals surface area contributed by atoms with E-state index in [1.165, 1.54) is 68.8 Å². The molecule has 0 fully saturated rings. The van der Waals surface area contributed by atoms with Gasteiger partial charge in [0.1, 0.15) is 0 Å². The molecule has 0 bridgehead atoms. The van der Waals surface area contributed by atoms with Crippen LogP contribution >= 0.6 is 27.3 Å². The lowest BCUT2D eigenvalue weighted by Crippen LogP contribution is -2.15. The maximum Gasteiger partial charge on any atom is 0.0434 e. The van der Waals surface area contributed by atoms with Crippen LogP contribution in [0.5, 0.6) is 0 Å². The maximum atomic E-state index is 3.80. The number of benzene rings is 5. The molecule has 0 atom stereocenters. The molecule has 1 aromatic heterocycles. The molecule has 0 saturated carbocycles. The van der Waals surface area contributed by atoms with Gasteiger partial charge in [0.2, 0.25) is 0 Å². The van der Waals surface area contributed by atoms with Gasteiger partial charge in [-0.25, -0.2) is 0 Å². The smallest absolute Gasteiger partial charge is 0.0434 e. The second-order valence-corrected chi connectivity index (χ2v) is 11.4. The first-order valence-corrected chi connectivity index (χ1v) is 12.9. The molecule has 0 amide bonds. The van der Waals surface area contributed by atoms with Crippen molar-refractivity contribution < 1.29 is 0 Å². The summed E-state index contributed by atoms with van der Waals surface area (Å²) in [5.41, 5.74) is 8.26. The van der Waals surface area contributed by atoms with Gasteiger partial charge < -0.3 is 0 Å². The SMILES string of the molecule is CC1(C)c2ccccc2-c2c1cc(-c1cccc3c1sc1cccc(Br)c13)c1ccccc21. The molecule has 0 radical (unpaired) electrons. The van der Waals surface area contributed by atoms with Crippen LogP contribution in [0.1, 0.15) is 25.0 Å². The van der Waals surface area contributed by atoms with Crippen LogP contribution in [-0.2, 0) is 5.41 Å². The molecule has 33 heavy (non-hydrogen) atoms. The van der Waals surface area contributed by atoms with Crippen molar-refractivity contribution in [1.29, 1.82) is 0 Å². The molecule has 1 aliphatic carbocycles. The van der Waals surface area contributed by atoms with Crippen LogP contribution in [0.15, 0.2) is 95.5 Å². The average Bonchev–Trinajstić information content (AvgIpc) is 3.33. The fourth-order valence-electron chi connectivity index (χ4n) is 5.79. The zero-order valence-electron chi connectivity index (χ0n) is 18.4. The lowest BCUT2D eigenvalue weighted by molar-refractivity contribution is 0.661. The Hall–Kier alpha value is -2.94. The number of thiophene rings is 1. The Bertz CT molecular complexity index is 1750. The molecule has 0 spiro atoms. The van der Waals surface area contributed by atoms with E-state index < -0.39 is 0 Å². The van der Waals surface area contributed by atoms with Gasteiger partial charge in [-0.2, -0.15) is 0 Å². The van der Waals surface area contributed by atoms with E-state index in [9.17, 15) is 0 Å². The van der Waals surface area contributed by atoms with Crippen molar-refractivity contribution in [2.75, 3.05) is 0 Å². The molecule has 5 aromatic carbocycles. The van der Waals surface area contributed by atoms with E-state index in [0.717, 1.165) is 0 Å². The molecule has 0 saturated heterocycles. The van der Waals surface area contributed by atoms with Gasteiger partial charge in [-0.1, -0.05) is 103 Å². The Morgan fingerprint density at radius 2 is 1.33 bits per heavy atom. The third-order valence-electron chi connectivity index (χ3n) is 7.35. The molecule has 0 N–H and O–H groups in total. The molecule has 6 aromatic rings. The van der Waals surface area contributed by atoms with Crippen LogP contribution in [-0.4, -0.2) is 0 Å². The van der Waals surface area contributed by atoms with Gasteiger partial charge in [-0.15, -0.1) is 11.3 Å². The predicted octanol–water partition coefficient (Wildman–Crippen LogP) is 9.94. The number of halogens is 1. The number of rotatable bonds is 1. The van der Waals surface area contributed by atoms with Gasteiger partial charge in [0.05, 0.1) is 0 Å². The zero-order chi connectivity index (χ0) is 22.3. The summed E-state index contributed by atoms with van der Waals surface area (Å²) in [6, 6.07) is 33.6. The van der Waals surface area contributed by atoms with Crippen LogP contribution in [0.25, 0.3) is 53.2 Å². The molecule has 1 heterocycles. The van der Waals surface area contributed by atoms with Gasteiger partial charge in [0.25, 0.3) is 0 Å². The van der Waals surface area contributed by atoms with Crippen molar-refractivity contribution in [3.8, 4) is 22.3 Å². The molecule has 0 nitrogen and oxygen atoms in total. The van der Waals surface area contributed by atoms with Crippen molar-refractivity contribution in [2.45, 2.75) is 19.3 Å². The highest BCUT2D eigenvalue weighted by Gasteiger charge is 2.37. The van der Waals surface area contributed by atoms with Gasteiger partial charge in [-0.05, 0) is 56.8 Å². The van der Waals surface area contributed by atoms with E-state index >= 15 is 0 Å². The summed E-state index contributed by atoms with van der Waals surface area (Å²) in [5.74, 6) is 0. The minimum Gasteiger partial charge on any atom is -0.134 e. The number of fused-ring (bicyclic) bond motifs is 8. The molecule has 7 rings (SSSR count). The molecular formula is C31H21BrS. The Labute approximate surface area is 205 Å². The van der Waals surface area contributed by atoms with Crippen LogP contribution in [0.4, 0.5) is 0 Å². The fraction of sp³-hybridized carbons (Fsp3) is 0.0968. The lowest BCUT2D eigenvalue weighted by atomic mass is 9.80. The van der Waals surface area contributed by atoms with E-state index in [1.54, 1.807) is 0 Å². The first kappa shape index (κ1) is 19.5. The summed E-state index contributed by atoms with van der Waals surface area (Å²) in [6.45, 7) is 4.74. The average molecular weight is 505 g/mol. The van der Waals surface area contributed by atoms with E-state index in [-0.39, 0.29) is 5.41 Å². The summed E-state index contributed by atoms with van der Waals surface area (Å²) < 4.78 is 3.85. The van der Waals surface area contributed by atoms with Crippen LogP contribution in [0, 0.1) is 0 Å². The summed E-state index contributed by atoms with van der Waals surface area (Å²) >= 11 is 5.69. The predicted molar refractivity (Wildman–Crippen MR) is 148 cm³/mol. The van der Waals surface area contributed by atoms with Crippen LogP contribution in [0.3, 0.4) is 0 Å². The van der Waals surface area contributed by atoms with Crippen LogP contribution in [0.2, 0.25) is 0 Å². The van der Waals surface area contributed by atoms with Crippen molar-refractivity contribution in [1.82, 2.24) is 0 Å². The molecular weight excluding hydrogens is 484 g/mol. The normalized spacial score (nSPS) is 14.2. The fourth-order valence-corrected chi connectivity index (χ4v) is 7.76. The van der Waals surface area contributed by atoms with Gasteiger partial charge in [-0.3, -0.25) is 0 Å². The summed E-state index contributed by atoms with van der Waals surface area (Å²) in [4.78, 5) is 0. The molecule has 1 aliphatic rings. The third-order valence-corrected chi connectivity index (χ3v) is 9.21. The van der Waals surface area contributed by atoms with Crippen LogP contribution < -0.4 is 0 Å². The van der Waals surface area contributed by atoms with E-state index in [0.29, 0.717) is 0 Å². The summed E-state index contributed by atoms with van der Waals surface area (Å²) in [7, 11) is 0. The van der Waals surface area contributed by atoms with Gasteiger partial charge in [0, 0.05) is 35.6 Å². The molecule has 0 unspecified atom stereocenters. The monoisotopic (exact) mass is 504 g/mol. The highest BCUT2D eigenvalue weighted by Crippen LogP contribution is 2.54. The highest BCUT2D eigenvalue weighted by molar-refractivity contribution is 9.10. The van der Waals surface area contributed by atoms with Crippen molar-refractivity contribution >= 4 is 58.2 Å². The minimum absolute atomic E-state index is 0.0260. The number of hydrogen-bond donors (Lipinski definition) is 0. The molecule has 0 aliphatic heterocycles. The Morgan fingerprint density at radius 3 is 2.21 bits per heavy atom. The Morgan fingerprint density at radius 1 is 0.636 bits per heavy atom. The topological polar surface area (TPSA) is 0 Å². The Balaban J connectivity index is 1.63. The molecule has 2 heteroatoms. The second-order valence-electron chi connectivity index (χ2n) is 9.46. The second kappa shape index (κ2) is 6.79. The van der Waals surface area contributed by atoms with Crippen molar-refractivity contribution in [3.63, 3.8) is 0 Å². The van der Waals surface area contributed by atoms with E-state index in [2.05, 4.69) is 121 Å². The summed E-state index contributed by atoms with van der Waals surface area (Å²) in [5, 5.41) is 5.32. The standard InChI is InChI=1S/C31H21BrS/c1-31(2)24-14-6-5-11-21(24)28-19-10-4-3-9-18(19)23(17-25(28)31)20-12-7-13-22-29-26(32)15-8-16-27(29)33-30(20)22/h3-17H,1-2H3. The van der Waals surface area contributed by atoms with Gasteiger partial charge >= 0.3 is 0 Å². The van der Waals surface area contributed by atoms with E-state index in [4.69, 9.17) is 0 Å². The first-order valence-electron chi connectivity index (χ1n) is 11.3. The molecule has 158 valence electrons. The third kappa shape index (κ3) is 2.57. The van der Waals surface area contributed by atoms with Crippen molar-refractivity contribution in [3.05, 3.63) is 107 Å². The maximum absolute atomic E-state index is 3.80. The minimum atomic E-state index is -0.0260. The first-order chi connectivity index (χ1) is 16.1. The quantitative estimate of drug-likeness (QED) is 0.209. The summed E-state index contributed by atoms with van der Waals surface area (Å²) in [6.07, 6.45) is 0.